The van der Waals surface area contributed by atoms with Crippen LogP contribution in [0.4, 0.5) is 0 Å². The summed E-state index contributed by atoms with van der Waals surface area (Å²) in [6.45, 7) is 10.8. The quantitative estimate of drug-likeness (QED) is 0.747. The topological polar surface area (TPSA) is 24.5 Å². The van der Waals surface area contributed by atoms with E-state index in [4.69, 9.17) is 4.74 Å². The number of hydrogen-bond acceptors (Lipinski definition) is 3. The van der Waals surface area contributed by atoms with Gasteiger partial charge in [-0.25, -0.2) is 0 Å². The van der Waals surface area contributed by atoms with Crippen molar-refractivity contribution in [3.8, 4) is 0 Å². The lowest BCUT2D eigenvalue weighted by atomic mass is 9.99. The van der Waals surface area contributed by atoms with Crippen LogP contribution in [0.5, 0.6) is 0 Å². The van der Waals surface area contributed by atoms with Crippen molar-refractivity contribution in [3.05, 3.63) is 0 Å². The summed E-state index contributed by atoms with van der Waals surface area (Å²) in [4.78, 5) is 2.42. The fraction of sp³-hybridized carbons (Fsp3) is 1.00. The Morgan fingerprint density at radius 1 is 1.47 bits per heavy atom. The Balaban J connectivity index is 2.29. The molecule has 3 nitrogen and oxygen atoms in total. The average Bonchev–Trinajstić information content (AvgIpc) is 2.28. The summed E-state index contributed by atoms with van der Waals surface area (Å²) in [6.07, 6.45) is 1.62. The fourth-order valence-corrected chi connectivity index (χ4v) is 2.00. The van der Waals surface area contributed by atoms with Crippen LogP contribution in [0, 0.1) is 5.92 Å². The van der Waals surface area contributed by atoms with Gasteiger partial charge in [0.1, 0.15) is 0 Å². The highest BCUT2D eigenvalue weighted by Crippen LogP contribution is 2.13. The highest BCUT2D eigenvalue weighted by Gasteiger charge is 2.20. The molecule has 0 radical (unpaired) electrons. The maximum absolute atomic E-state index is 5.71. The third-order valence-corrected chi connectivity index (χ3v) is 3.66. The minimum atomic E-state index is 0.371. The highest BCUT2D eigenvalue weighted by molar-refractivity contribution is 4.75. The van der Waals surface area contributed by atoms with Crippen LogP contribution in [0.15, 0.2) is 0 Å². The van der Waals surface area contributed by atoms with Crippen molar-refractivity contribution >= 4 is 0 Å². The number of likely N-dealkylation sites (N-methyl/N-ethyl adjacent to an activating group) is 1. The van der Waals surface area contributed by atoms with Gasteiger partial charge in [0.05, 0.1) is 12.7 Å². The Bertz CT molecular complexity index is 169. The lowest BCUT2D eigenvalue weighted by molar-refractivity contribution is -0.000130. The minimum Gasteiger partial charge on any atom is -0.374 e. The van der Waals surface area contributed by atoms with E-state index in [2.05, 4.69) is 38.0 Å². The zero-order chi connectivity index (χ0) is 11.3. The summed E-state index contributed by atoms with van der Waals surface area (Å²) in [7, 11) is 2.20. The second kappa shape index (κ2) is 6.46. The Labute approximate surface area is 94.2 Å². The second-order valence-electron chi connectivity index (χ2n) is 4.76. The largest absolute Gasteiger partial charge is 0.374 e. The van der Waals surface area contributed by atoms with Gasteiger partial charge in [-0.05, 0) is 19.9 Å². The molecule has 1 rings (SSSR count). The van der Waals surface area contributed by atoms with Crippen LogP contribution in [0.3, 0.4) is 0 Å². The number of morpholine rings is 1. The number of nitrogens with one attached hydrogen (secondary N) is 1. The molecule has 0 amide bonds. The molecule has 0 saturated carbocycles. The van der Waals surface area contributed by atoms with Crippen molar-refractivity contribution < 1.29 is 4.74 Å². The van der Waals surface area contributed by atoms with Gasteiger partial charge in [0.2, 0.25) is 0 Å². The van der Waals surface area contributed by atoms with Gasteiger partial charge in [0.25, 0.3) is 0 Å². The molecule has 1 aliphatic heterocycles. The molecule has 0 aliphatic carbocycles. The molecule has 1 aliphatic rings. The lowest BCUT2D eigenvalue weighted by Gasteiger charge is -2.33. The first-order valence-corrected chi connectivity index (χ1v) is 6.17. The first kappa shape index (κ1) is 12.9. The maximum Gasteiger partial charge on any atom is 0.0826 e. The van der Waals surface area contributed by atoms with E-state index in [9.17, 15) is 0 Å². The Morgan fingerprint density at radius 2 is 2.20 bits per heavy atom. The average molecular weight is 214 g/mol. The number of nitrogens with zero attached hydrogens (tertiary/aromatic N) is 1. The van der Waals surface area contributed by atoms with E-state index in [-0.39, 0.29) is 0 Å². The molecule has 0 spiro atoms. The van der Waals surface area contributed by atoms with Crippen LogP contribution in [-0.4, -0.2) is 50.3 Å². The maximum atomic E-state index is 5.71. The molecule has 0 bridgehead atoms. The molecule has 0 aromatic carbocycles. The monoisotopic (exact) mass is 214 g/mol. The number of rotatable bonds is 5. The number of hydrogen-bond donors (Lipinski definition) is 1. The highest BCUT2D eigenvalue weighted by atomic mass is 16.5. The van der Waals surface area contributed by atoms with Crippen molar-refractivity contribution in [1.29, 1.82) is 0 Å². The van der Waals surface area contributed by atoms with Crippen LogP contribution in [-0.2, 0) is 4.74 Å². The zero-order valence-corrected chi connectivity index (χ0v) is 10.6. The molecule has 1 saturated heterocycles. The molecule has 3 atom stereocenters. The molecule has 0 aromatic heterocycles. The second-order valence-corrected chi connectivity index (χ2v) is 4.76. The van der Waals surface area contributed by atoms with Crippen molar-refractivity contribution in [2.45, 2.75) is 39.3 Å². The van der Waals surface area contributed by atoms with Crippen molar-refractivity contribution in [2.75, 3.05) is 33.3 Å². The van der Waals surface area contributed by atoms with Crippen LogP contribution in [0.2, 0.25) is 0 Å². The minimum absolute atomic E-state index is 0.371. The summed E-state index contributed by atoms with van der Waals surface area (Å²) in [5.74, 6) is 0.756. The van der Waals surface area contributed by atoms with E-state index in [1.54, 1.807) is 0 Å². The van der Waals surface area contributed by atoms with Crippen LogP contribution >= 0.6 is 0 Å². The molecule has 3 heteroatoms. The molecule has 0 aromatic rings. The summed E-state index contributed by atoms with van der Waals surface area (Å²) in [5, 5.41) is 3.37. The van der Waals surface area contributed by atoms with E-state index in [1.807, 2.05) is 0 Å². The molecule has 90 valence electrons. The smallest absolute Gasteiger partial charge is 0.0826 e. The van der Waals surface area contributed by atoms with Crippen LogP contribution < -0.4 is 5.32 Å². The standard InChI is InChI=1S/C12H26N2O/c1-5-10(2)11(3)14(4)9-12-8-13-6-7-15-12/h10-13H,5-9H2,1-4H3. The van der Waals surface area contributed by atoms with E-state index in [0.29, 0.717) is 12.1 Å². The third kappa shape index (κ3) is 4.09. The summed E-state index contributed by atoms with van der Waals surface area (Å²) >= 11 is 0. The predicted octanol–water partition coefficient (Wildman–Crippen LogP) is 1.34. The summed E-state index contributed by atoms with van der Waals surface area (Å²) in [5.41, 5.74) is 0. The summed E-state index contributed by atoms with van der Waals surface area (Å²) < 4.78 is 5.71. The SMILES string of the molecule is CCC(C)C(C)N(C)CC1CNCCO1. The predicted molar refractivity (Wildman–Crippen MR) is 64.2 cm³/mol. The van der Waals surface area contributed by atoms with Crippen LogP contribution in [0.1, 0.15) is 27.2 Å². The van der Waals surface area contributed by atoms with Gasteiger partial charge in [-0.1, -0.05) is 20.3 Å². The van der Waals surface area contributed by atoms with E-state index < -0.39 is 0 Å². The first-order chi connectivity index (χ1) is 7.15. The normalized spacial score (nSPS) is 26.6. The summed E-state index contributed by atoms with van der Waals surface area (Å²) in [6, 6.07) is 0.639. The van der Waals surface area contributed by atoms with Gasteiger partial charge in [-0.15, -0.1) is 0 Å². The van der Waals surface area contributed by atoms with Gasteiger partial charge >= 0.3 is 0 Å². The third-order valence-electron chi connectivity index (χ3n) is 3.66. The van der Waals surface area contributed by atoms with E-state index >= 15 is 0 Å². The lowest BCUT2D eigenvalue weighted by Crippen LogP contribution is -2.47. The Morgan fingerprint density at radius 3 is 2.73 bits per heavy atom. The van der Waals surface area contributed by atoms with Gasteiger partial charge in [-0.3, -0.25) is 0 Å². The van der Waals surface area contributed by atoms with Crippen molar-refractivity contribution in [3.63, 3.8) is 0 Å². The zero-order valence-electron chi connectivity index (χ0n) is 10.6. The first-order valence-electron chi connectivity index (χ1n) is 6.17. The van der Waals surface area contributed by atoms with Gasteiger partial charge in [0.15, 0.2) is 0 Å². The number of ether oxygens (including phenoxy) is 1. The van der Waals surface area contributed by atoms with Crippen molar-refractivity contribution in [1.82, 2.24) is 10.2 Å². The molecule has 1 heterocycles. The molecule has 3 unspecified atom stereocenters. The molecular formula is C12H26N2O. The van der Waals surface area contributed by atoms with E-state index in [1.165, 1.54) is 6.42 Å². The molecular weight excluding hydrogens is 188 g/mol. The Kier molecular flexibility index (Phi) is 5.58. The molecule has 15 heavy (non-hydrogen) atoms. The van der Waals surface area contributed by atoms with Crippen molar-refractivity contribution in [2.24, 2.45) is 5.92 Å². The fourth-order valence-electron chi connectivity index (χ4n) is 2.00. The Hall–Kier alpha value is -0.120. The van der Waals surface area contributed by atoms with Gasteiger partial charge < -0.3 is 15.0 Å². The molecule has 1 fully saturated rings. The van der Waals surface area contributed by atoms with Crippen LogP contribution in [0.25, 0.3) is 0 Å². The van der Waals surface area contributed by atoms with Gasteiger partial charge in [0, 0.05) is 25.7 Å². The molecule has 1 N–H and O–H groups in total. The van der Waals surface area contributed by atoms with Gasteiger partial charge in [-0.2, -0.15) is 0 Å². The van der Waals surface area contributed by atoms with E-state index in [0.717, 1.165) is 32.2 Å².